The van der Waals surface area contributed by atoms with Crippen LogP contribution in [0.1, 0.15) is 38.7 Å². The topological polar surface area (TPSA) is 0 Å². The number of hydrogen-bond donors (Lipinski definition) is 0. The number of benzene rings is 1. The highest BCUT2D eigenvalue weighted by molar-refractivity contribution is 5.26. The van der Waals surface area contributed by atoms with E-state index in [-0.39, 0.29) is 5.41 Å². The van der Waals surface area contributed by atoms with Gasteiger partial charge in [-0.2, -0.15) is 0 Å². The lowest BCUT2D eigenvalue weighted by molar-refractivity contribution is 0.345. The van der Waals surface area contributed by atoms with Crippen molar-refractivity contribution in [3.8, 4) is 0 Å². The molecule has 0 radical (unpaired) electrons. The van der Waals surface area contributed by atoms with Crippen molar-refractivity contribution in [2.75, 3.05) is 0 Å². The summed E-state index contributed by atoms with van der Waals surface area (Å²) in [5.41, 5.74) is 1.74. The fraction of sp³-hybridized carbons (Fsp3) is 0.467. The molecule has 15 heavy (non-hydrogen) atoms. The van der Waals surface area contributed by atoms with E-state index in [0.717, 1.165) is 0 Å². The molecular weight excluding hydrogens is 180 g/mol. The largest absolute Gasteiger partial charge is 0.0882 e. The normalized spacial score (nSPS) is 21.6. The highest BCUT2D eigenvalue weighted by Gasteiger charge is 2.29. The molecule has 0 bridgehead atoms. The predicted octanol–water partition coefficient (Wildman–Crippen LogP) is 4.32. The van der Waals surface area contributed by atoms with E-state index in [2.05, 4.69) is 56.3 Å². The summed E-state index contributed by atoms with van der Waals surface area (Å²) in [6.07, 6.45) is 8.70. The Balaban J connectivity index is 2.26. The molecule has 1 atom stereocenters. The Morgan fingerprint density at radius 1 is 1.13 bits per heavy atom. The molecule has 1 aliphatic rings. The molecule has 0 fully saturated rings. The van der Waals surface area contributed by atoms with Crippen LogP contribution in [-0.4, -0.2) is 0 Å². The van der Waals surface area contributed by atoms with Crippen molar-refractivity contribution in [3.63, 3.8) is 0 Å². The first-order valence-corrected chi connectivity index (χ1v) is 5.93. The molecule has 1 unspecified atom stereocenters. The van der Waals surface area contributed by atoms with E-state index in [1.165, 1.54) is 24.8 Å². The molecular formula is C15H20. The lowest BCUT2D eigenvalue weighted by Crippen LogP contribution is -2.28. The first-order chi connectivity index (χ1) is 7.21. The van der Waals surface area contributed by atoms with Crippen LogP contribution in [0.5, 0.6) is 0 Å². The second-order valence-corrected chi connectivity index (χ2v) is 5.05. The van der Waals surface area contributed by atoms with Gasteiger partial charge in [-0.3, -0.25) is 0 Å². The van der Waals surface area contributed by atoms with E-state index in [1.807, 2.05) is 0 Å². The lowest BCUT2D eigenvalue weighted by atomic mass is 9.70. The Bertz CT molecular complexity index is 332. The number of hydrogen-bond acceptors (Lipinski definition) is 0. The summed E-state index contributed by atoms with van der Waals surface area (Å²) in [7, 11) is 0. The summed E-state index contributed by atoms with van der Waals surface area (Å²) in [6, 6.07) is 10.9. The van der Waals surface area contributed by atoms with Gasteiger partial charge in [0.15, 0.2) is 0 Å². The van der Waals surface area contributed by atoms with E-state index in [9.17, 15) is 0 Å². The fourth-order valence-electron chi connectivity index (χ4n) is 2.50. The molecule has 0 aliphatic heterocycles. The van der Waals surface area contributed by atoms with Crippen molar-refractivity contribution in [3.05, 3.63) is 48.0 Å². The third kappa shape index (κ3) is 2.14. The summed E-state index contributed by atoms with van der Waals surface area (Å²) in [5, 5.41) is 0. The molecule has 0 aromatic heterocycles. The SMILES string of the molecule is CC(C)(c1ccccc1)C1C=CCCC1. The Labute approximate surface area is 93.0 Å². The van der Waals surface area contributed by atoms with Gasteiger partial charge in [-0.05, 0) is 36.2 Å². The molecule has 0 spiro atoms. The third-order valence-corrected chi connectivity index (χ3v) is 3.70. The van der Waals surface area contributed by atoms with Crippen molar-refractivity contribution >= 4 is 0 Å². The zero-order valence-corrected chi connectivity index (χ0v) is 9.74. The highest BCUT2D eigenvalue weighted by Crippen LogP contribution is 2.37. The molecule has 0 nitrogen and oxygen atoms in total. The minimum Gasteiger partial charge on any atom is -0.0882 e. The number of rotatable bonds is 2. The smallest absolute Gasteiger partial charge is 0.00408 e. The summed E-state index contributed by atoms with van der Waals surface area (Å²) < 4.78 is 0. The molecule has 0 amide bonds. The summed E-state index contributed by atoms with van der Waals surface area (Å²) >= 11 is 0. The highest BCUT2D eigenvalue weighted by atomic mass is 14.3. The van der Waals surface area contributed by atoms with Crippen LogP contribution in [0, 0.1) is 5.92 Å². The molecule has 0 saturated carbocycles. The van der Waals surface area contributed by atoms with E-state index in [0.29, 0.717) is 5.92 Å². The Morgan fingerprint density at radius 3 is 2.47 bits per heavy atom. The molecule has 2 rings (SSSR count). The van der Waals surface area contributed by atoms with Gasteiger partial charge >= 0.3 is 0 Å². The van der Waals surface area contributed by atoms with Crippen LogP contribution in [0.4, 0.5) is 0 Å². The van der Waals surface area contributed by atoms with Gasteiger partial charge in [0, 0.05) is 0 Å². The van der Waals surface area contributed by atoms with Crippen LogP contribution < -0.4 is 0 Å². The lowest BCUT2D eigenvalue weighted by Gasteiger charge is -2.34. The summed E-state index contributed by atoms with van der Waals surface area (Å²) in [6.45, 7) is 4.73. The zero-order valence-electron chi connectivity index (χ0n) is 9.74. The Kier molecular flexibility index (Phi) is 2.95. The zero-order chi connectivity index (χ0) is 10.7. The van der Waals surface area contributed by atoms with Gasteiger partial charge in [0.1, 0.15) is 0 Å². The summed E-state index contributed by atoms with van der Waals surface area (Å²) in [5.74, 6) is 0.702. The van der Waals surface area contributed by atoms with E-state index in [1.54, 1.807) is 0 Å². The first kappa shape index (κ1) is 10.5. The fourth-order valence-corrected chi connectivity index (χ4v) is 2.50. The van der Waals surface area contributed by atoms with Crippen molar-refractivity contribution in [2.45, 2.75) is 38.5 Å². The van der Waals surface area contributed by atoms with E-state index in [4.69, 9.17) is 0 Å². The predicted molar refractivity (Wildman–Crippen MR) is 65.9 cm³/mol. The quantitative estimate of drug-likeness (QED) is 0.624. The molecule has 0 heterocycles. The van der Waals surface area contributed by atoms with Crippen LogP contribution in [0.25, 0.3) is 0 Å². The van der Waals surface area contributed by atoms with Gasteiger partial charge in [0.2, 0.25) is 0 Å². The van der Waals surface area contributed by atoms with Gasteiger partial charge in [-0.15, -0.1) is 0 Å². The van der Waals surface area contributed by atoms with Gasteiger partial charge in [0.05, 0.1) is 0 Å². The minimum atomic E-state index is 0.276. The number of allylic oxidation sites excluding steroid dienone is 2. The second kappa shape index (κ2) is 4.22. The van der Waals surface area contributed by atoms with Crippen molar-refractivity contribution in [2.24, 2.45) is 5.92 Å². The second-order valence-electron chi connectivity index (χ2n) is 5.05. The maximum Gasteiger partial charge on any atom is -0.00408 e. The van der Waals surface area contributed by atoms with Gasteiger partial charge < -0.3 is 0 Å². The average Bonchev–Trinajstić information content (AvgIpc) is 2.31. The molecule has 0 saturated heterocycles. The monoisotopic (exact) mass is 200 g/mol. The van der Waals surface area contributed by atoms with Crippen LogP contribution in [0.3, 0.4) is 0 Å². The third-order valence-electron chi connectivity index (χ3n) is 3.70. The summed E-state index contributed by atoms with van der Waals surface area (Å²) in [4.78, 5) is 0. The molecule has 1 aromatic carbocycles. The molecule has 1 aromatic rings. The Morgan fingerprint density at radius 2 is 1.87 bits per heavy atom. The van der Waals surface area contributed by atoms with Crippen LogP contribution >= 0.6 is 0 Å². The van der Waals surface area contributed by atoms with Gasteiger partial charge in [0.25, 0.3) is 0 Å². The van der Waals surface area contributed by atoms with Crippen molar-refractivity contribution < 1.29 is 0 Å². The van der Waals surface area contributed by atoms with Crippen molar-refractivity contribution in [1.82, 2.24) is 0 Å². The van der Waals surface area contributed by atoms with Crippen LogP contribution in [0.15, 0.2) is 42.5 Å². The van der Waals surface area contributed by atoms with Gasteiger partial charge in [-0.25, -0.2) is 0 Å². The first-order valence-electron chi connectivity index (χ1n) is 5.93. The standard InChI is InChI=1S/C15H20/c1-15(2,13-9-5-3-6-10-13)14-11-7-4-8-12-14/h3,5-7,9-11,14H,4,8,12H2,1-2H3. The Hall–Kier alpha value is -1.04. The minimum absolute atomic E-state index is 0.276. The molecule has 0 heteroatoms. The molecule has 0 N–H and O–H groups in total. The van der Waals surface area contributed by atoms with Crippen LogP contribution in [-0.2, 0) is 5.41 Å². The maximum atomic E-state index is 2.41. The molecule has 1 aliphatic carbocycles. The van der Waals surface area contributed by atoms with Crippen LogP contribution in [0.2, 0.25) is 0 Å². The van der Waals surface area contributed by atoms with E-state index >= 15 is 0 Å². The maximum absolute atomic E-state index is 2.41. The average molecular weight is 200 g/mol. The van der Waals surface area contributed by atoms with E-state index < -0.39 is 0 Å². The molecule has 80 valence electrons. The van der Waals surface area contributed by atoms with Gasteiger partial charge in [-0.1, -0.05) is 56.3 Å². The van der Waals surface area contributed by atoms with Crippen molar-refractivity contribution in [1.29, 1.82) is 0 Å².